The van der Waals surface area contributed by atoms with Crippen molar-refractivity contribution < 1.29 is 45.1 Å². The number of hydrogen-bond acceptors (Lipinski definition) is 0. The van der Waals surface area contributed by atoms with Gasteiger partial charge >= 0.3 is 32.7 Å². The van der Waals surface area contributed by atoms with E-state index in [4.69, 9.17) is 0 Å². The van der Waals surface area contributed by atoms with E-state index in [9.17, 15) is 0 Å². The Morgan fingerprint density at radius 3 is 0.944 bits per heavy atom. The number of rotatable bonds is 2. The summed E-state index contributed by atoms with van der Waals surface area (Å²) in [6.07, 6.45) is 0. The van der Waals surface area contributed by atoms with Crippen molar-refractivity contribution in [3.63, 3.8) is 0 Å². The van der Waals surface area contributed by atoms with Crippen LogP contribution < -0.4 is 12.4 Å². The monoisotopic (exact) mass is 338 g/mol. The van der Waals surface area contributed by atoms with Crippen LogP contribution in [0.2, 0.25) is 0 Å². The van der Waals surface area contributed by atoms with Crippen LogP contribution in [0.5, 0.6) is 0 Å². The number of halogens is 1. The van der Waals surface area contributed by atoms with Crippen LogP contribution in [0, 0.1) is 0 Å². The molecule has 2 rings (SSSR count). The molecule has 0 radical (unpaired) electrons. The van der Waals surface area contributed by atoms with Gasteiger partial charge in [-0.05, 0) is 0 Å². The molecule has 0 aliphatic carbocycles. The van der Waals surface area contributed by atoms with Crippen LogP contribution >= 0.6 is 0 Å². The predicted octanol–water partition coefficient (Wildman–Crippen LogP) is 2.06. The second-order valence-electron chi connectivity index (χ2n) is 4.75. The molecular formula is C16H22ClY. The van der Waals surface area contributed by atoms with Gasteiger partial charge in [0.15, 0.2) is 0 Å². The average molecular weight is 339 g/mol. The van der Waals surface area contributed by atoms with Gasteiger partial charge in [-0.25, -0.2) is 24.3 Å². The van der Waals surface area contributed by atoms with Crippen LogP contribution in [0.4, 0.5) is 0 Å². The molecule has 2 aromatic carbocycles. The fraction of sp³-hybridized carbons (Fsp3) is 0.375. The largest absolute Gasteiger partial charge is 3.00 e. The Morgan fingerprint density at radius 2 is 0.833 bits per heavy atom. The molecule has 0 bridgehead atoms. The van der Waals surface area contributed by atoms with Crippen molar-refractivity contribution in [1.29, 1.82) is 0 Å². The smallest absolute Gasteiger partial charge is 1.00 e. The summed E-state index contributed by atoms with van der Waals surface area (Å²) in [6, 6.07) is 16.9. The van der Waals surface area contributed by atoms with Crippen LogP contribution in [0.1, 0.15) is 50.7 Å². The van der Waals surface area contributed by atoms with Gasteiger partial charge in [0, 0.05) is 0 Å². The third-order valence-corrected chi connectivity index (χ3v) is 2.71. The third-order valence-electron chi connectivity index (χ3n) is 2.71. The second kappa shape index (κ2) is 11.0. The Balaban J connectivity index is 0. The Kier molecular flexibility index (Phi) is 12.4. The van der Waals surface area contributed by atoms with Crippen molar-refractivity contribution in [3.8, 4) is 0 Å². The van der Waals surface area contributed by atoms with Gasteiger partial charge in [-0.2, -0.15) is 35.4 Å². The summed E-state index contributed by atoms with van der Waals surface area (Å²) < 4.78 is 0. The molecule has 0 aliphatic heterocycles. The third kappa shape index (κ3) is 7.51. The van der Waals surface area contributed by atoms with Crippen molar-refractivity contribution in [3.05, 3.63) is 59.7 Å². The quantitative estimate of drug-likeness (QED) is 0.735. The van der Waals surface area contributed by atoms with Gasteiger partial charge in [0.1, 0.15) is 0 Å². The van der Waals surface area contributed by atoms with E-state index in [2.05, 4.69) is 76.2 Å². The van der Waals surface area contributed by atoms with Crippen LogP contribution in [0.15, 0.2) is 48.5 Å². The van der Waals surface area contributed by atoms with E-state index in [1.807, 2.05) is 0 Å². The summed E-state index contributed by atoms with van der Waals surface area (Å²) in [7, 11) is 0. The van der Waals surface area contributed by atoms with Gasteiger partial charge in [0.25, 0.3) is 0 Å². The Morgan fingerprint density at radius 1 is 0.611 bits per heavy atom. The molecule has 0 N–H and O–H groups in total. The van der Waals surface area contributed by atoms with Gasteiger partial charge < -0.3 is 12.4 Å². The van der Waals surface area contributed by atoms with Gasteiger partial charge in [-0.1, -0.05) is 39.5 Å². The molecular weight excluding hydrogens is 317 g/mol. The minimum absolute atomic E-state index is 0. The van der Waals surface area contributed by atoms with E-state index < -0.39 is 0 Å². The molecule has 0 atom stereocenters. The summed E-state index contributed by atoms with van der Waals surface area (Å²) in [6.45, 7) is 8.81. The summed E-state index contributed by atoms with van der Waals surface area (Å²) in [4.78, 5) is 0. The summed E-state index contributed by atoms with van der Waals surface area (Å²) in [5.74, 6) is 1.37. The van der Waals surface area contributed by atoms with E-state index in [0.717, 1.165) is 0 Å². The van der Waals surface area contributed by atoms with Gasteiger partial charge in [0.2, 0.25) is 0 Å². The van der Waals surface area contributed by atoms with Crippen molar-refractivity contribution in [2.45, 2.75) is 39.5 Å². The molecule has 0 aliphatic rings. The maximum Gasteiger partial charge on any atom is 3.00 e. The zero-order valence-corrected chi connectivity index (χ0v) is 15.3. The molecule has 96 valence electrons. The Hall–Kier alpha value is 0.0939. The maximum absolute atomic E-state index is 2.20. The summed E-state index contributed by atoms with van der Waals surface area (Å²) >= 11 is 0. The topological polar surface area (TPSA) is 0 Å². The number of hydrogen-bond donors (Lipinski definition) is 0. The van der Waals surface area contributed by atoms with Crippen molar-refractivity contribution in [2.24, 2.45) is 0 Å². The molecule has 0 amide bonds. The van der Waals surface area contributed by atoms with Crippen molar-refractivity contribution in [2.75, 3.05) is 0 Å². The molecule has 0 saturated heterocycles. The zero-order valence-electron chi connectivity index (χ0n) is 11.7. The second-order valence-corrected chi connectivity index (χ2v) is 4.75. The van der Waals surface area contributed by atoms with E-state index in [1.54, 1.807) is 0 Å². The van der Waals surface area contributed by atoms with E-state index >= 15 is 0 Å². The van der Waals surface area contributed by atoms with Gasteiger partial charge in [0.05, 0.1) is 0 Å². The normalized spacial score (nSPS) is 9.22. The molecule has 0 nitrogen and oxygen atoms in total. The first-order chi connectivity index (χ1) is 7.61. The van der Waals surface area contributed by atoms with E-state index in [1.165, 1.54) is 11.1 Å². The fourth-order valence-electron chi connectivity index (χ4n) is 1.55. The SMILES string of the molecule is CC(C)[c-]1cccc1.CC(C)[c-]1cccc1.[Cl-].[Y+3]. The maximum atomic E-state index is 2.20. The molecule has 0 saturated carbocycles. The standard InChI is InChI=1S/2C8H11.ClH.Y/c2*1-7(2)8-5-3-4-6-8;;/h2*3-7H,1-2H3;1H;/q2*-1;;+3/p-1. The van der Waals surface area contributed by atoms with Crippen molar-refractivity contribution >= 4 is 0 Å². The first-order valence-electron chi connectivity index (χ1n) is 6.04. The molecule has 0 spiro atoms. The minimum atomic E-state index is 0. The summed E-state index contributed by atoms with van der Waals surface area (Å²) in [5, 5.41) is 0. The fourth-order valence-corrected chi connectivity index (χ4v) is 1.55. The molecule has 2 heteroatoms. The van der Waals surface area contributed by atoms with Gasteiger partial charge in [-0.15, -0.1) is 0 Å². The first kappa shape index (κ1) is 20.4. The Labute approximate surface area is 143 Å². The molecule has 0 unspecified atom stereocenters. The van der Waals surface area contributed by atoms with E-state index in [0.29, 0.717) is 11.8 Å². The minimum Gasteiger partial charge on any atom is -1.00 e. The summed E-state index contributed by atoms with van der Waals surface area (Å²) in [5.41, 5.74) is 2.87. The molecule has 18 heavy (non-hydrogen) atoms. The van der Waals surface area contributed by atoms with Crippen LogP contribution in [-0.2, 0) is 32.7 Å². The van der Waals surface area contributed by atoms with Gasteiger partial charge in [-0.3, -0.25) is 0 Å². The first-order valence-corrected chi connectivity index (χ1v) is 6.04. The molecule has 0 aromatic heterocycles. The van der Waals surface area contributed by atoms with E-state index in [-0.39, 0.29) is 45.1 Å². The Bertz CT molecular complexity index is 319. The molecule has 0 heterocycles. The molecule has 2 aromatic rings. The van der Waals surface area contributed by atoms with Crippen LogP contribution in [0.25, 0.3) is 0 Å². The average Bonchev–Trinajstić information content (AvgIpc) is 2.93. The predicted molar refractivity (Wildman–Crippen MR) is 72.2 cm³/mol. The van der Waals surface area contributed by atoms with Crippen LogP contribution in [0.3, 0.4) is 0 Å². The van der Waals surface area contributed by atoms with Crippen LogP contribution in [-0.4, -0.2) is 0 Å². The zero-order chi connectivity index (χ0) is 12.0. The molecule has 0 fully saturated rings. The van der Waals surface area contributed by atoms with Crippen molar-refractivity contribution in [1.82, 2.24) is 0 Å².